The Morgan fingerprint density at radius 3 is 3.14 bits per heavy atom. The lowest BCUT2D eigenvalue weighted by molar-refractivity contribution is -0.115. The van der Waals surface area contributed by atoms with Crippen LogP contribution in [-0.4, -0.2) is 36.5 Å². The summed E-state index contributed by atoms with van der Waals surface area (Å²) >= 11 is 2.90. The Labute approximate surface area is 93.4 Å². The van der Waals surface area contributed by atoms with Crippen molar-refractivity contribution in [3.8, 4) is 10.8 Å². The van der Waals surface area contributed by atoms with Gasteiger partial charge in [-0.15, -0.1) is 0 Å². The van der Waals surface area contributed by atoms with Crippen molar-refractivity contribution in [1.29, 1.82) is 0 Å². The second-order valence-electron chi connectivity index (χ2n) is 3.35. The fourth-order valence-electron chi connectivity index (χ4n) is 1.84. The second kappa shape index (κ2) is 6.05. The zero-order valence-electron chi connectivity index (χ0n) is 8.35. The number of carbonyl (C=O) groups excluding carboxylic acids is 1. The summed E-state index contributed by atoms with van der Waals surface area (Å²) < 4.78 is 0. The van der Waals surface area contributed by atoms with Crippen LogP contribution in [0.3, 0.4) is 0 Å². The number of hydrogen-bond acceptors (Lipinski definition) is 2. The molecular formula is C10H15BrN2O. The van der Waals surface area contributed by atoms with E-state index in [1.807, 2.05) is 0 Å². The first kappa shape index (κ1) is 11.5. The normalized spacial score (nSPS) is 21.4. The summed E-state index contributed by atoms with van der Waals surface area (Å²) in [7, 11) is 0. The van der Waals surface area contributed by atoms with Crippen molar-refractivity contribution in [2.45, 2.75) is 25.8 Å². The molecule has 14 heavy (non-hydrogen) atoms. The summed E-state index contributed by atoms with van der Waals surface area (Å²) in [5.41, 5.74) is 0. The largest absolute Gasteiger partial charge is 0.344 e. The highest BCUT2D eigenvalue weighted by Crippen LogP contribution is 2.15. The van der Waals surface area contributed by atoms with Gasteiger partial charge in [0.05, 0.1) is 0 Å². The topological polar surface area (TPSA) is 32.3 Å². The van der Waals surface area contributed by atoms with Gasteiger partial charge < -0.3 is 5.32 Å². The Balaban J connectivity index is 2.29. The van der Waals surface area contributed by atoms with Crippen LogP contribution in [0.15, 0.2) is 0 Å². The molecule has 0 bridgehead atoms. The summed E-state index contributed by atoms with van der Waals surface area (Å²) in [5.74, 6) is 2.20. The smallest absolute Gasteiger partial charge is 0.296 e. The van der Waals surface area contributed by atoms with Crippen molar-refractivity contribution in [3.05, 3.63) is 0 Å². The maximum absolute atomic E-state index is 11.1. The number of nitrogens with zero attached hydrogens (tertiary/aromatic N) is 1. The summed E-state index contributed by atoms with van der Waals surface area (Å²) in [6.45, 7) is 5.08. The SMILES string of the molecule is CCN1CCCC1CNC(=O)C#CBr. The van der Waals surface area contributed by atoms with Gasteiger partial charge in [0.15, 0.2) is 0 Å². The number of halogens is 1. The predicted octanol–water partition coefficient (Wildman–Crippen LogP) is 0.943. The minimum absolute atomic E-state index is 0.204. The minimum atomic E-state index is -0.204. The Hall–Kier alpha value is -0.530. The lowest BCUT2D eigenvalue weighted by atomic mass is 10.2. The van der Waals surface area contributed by atoms with E-state index in [1.165, 1.54) is 12.8 Å². The second-order valence-corrected chi connectivity index (χ2v) is 3.75. The Morgan fingerprint density at radius 1 is 1.71 bits per heavy atom. The molecular weight excluding hydrogens is 244 g/mol. The summed E-state index contributed by atoms with van der Waals surface area (Å²) in [4.78, 5) is 15.9. The average molecular weight is 259 g/mol. The molecule has 0 aliphatic carbocycles. The molecule has 0 aromatic rings. The number of likely N-dealkylation sites (tertiary alicyclic amines) is 1. The first-order valence-corrected chi connectivity index (χ1v) is 5.70. The van der Waals surface area contributed by atoms with Crippen LogP contribution in [0.5, 0.6) is 0 Å². The van der Waals surface area contributed by atoms with Crippen molar-refractivity contribution in [1.82, 2.24) is 10.2 Å². The van der Waals surface area contributed by atoms with Gasteiger partial charge in [-0.2, -0.15) is 0 Å². The maximum Gasteiger partial charge on any atom is 0.296 e. The standard InChI is InChI=1S/C10H15BrN2O/c1-2-13-7-3-4-9(13)8-12-10(14)5-6-11/h9H,2-4,7-8H2,1H3,(H,12,14). The molecule has 1 aliphatic heterocycles. The molecule has 1 atom stereocenters. The number of nitrogens with one attached hydrogen (secondary N) is 1. The number of carbonyl (C=O) groups is 1. The van der Waals surface area contributed by atoms with E-state index in [4.69, 9.17) is 0 Å². The Kier molecular flexibility index (Phi) is 4.99. The molecule has 0 spiro atoms. The number of hydrogen-bond donors (Lipinski definition) is 1. The first-order valence-electron chi connectivity index (χ1n) is 4.91. The zero-order chi connectivity index (χ0) is 10.4. The molecule has 1 unspecified atom stereocenters. The van der Waals surface area contributed by atoms with Crippen LogP contribution in [0.2, 0.25) is 0 Å². The van der Waals surface area contributed by atoms with E-state index in [1.54, 1.807) is 0 Å². The maximum atomic E-state index is 11.1. The van der Waals surface area contributed by atoms with Gasteiger partial charge in [0.25, 0.3) is 5.91 Å². The van der Waals surface area contributed by atoms with E-state index in [2.05, 4.69) is 43.8 Å². The third-order valence-corrected chi connectivity index (χ3v) is 2.76. The molecule has 1 heterocycles. The third kappa shape index (κ3) is 3.32. The van der Waals surface area contributed by atoms with E-state index in [0.717, 1.165) is 13.1 Å². The van der Waals surface area contributed by atoms with Gasteiger partial charge in [-0.25, -0.2) is 0 Å². The number of amides is 1. The van der Waals surface area contributed by atoms with Gasteiger partial charge in [0.1, 0.15) is 0 Å². The van der Waals surface area contributed by atoms with Gasteiger partial charge in [-0.3, -0.25) is 9.69 Å². The molecule has 1 rings (SSSR count). The van der Waals surface area contributed by atoms with Gasteiger partial charge in [-0.05, 0) is 30.8 Å². The number of rotatable bonds is 3. The van der Waals surface area contributed by atoms with Gasteiger partial charge in [0, 0.05) is 34.4 Å². The quantitative estimate of drug-likeness (QED) is 0.765. The molecule has 1 fully saturated rings. The monoisotopic (exact) mass is 258 g/mol. The fourth-order valence-corrected chi connectivity index (χ4v) is 2.02. The Morgan fingerprint density at radius 2 is 2.50 bits per heavy atom. The van der Waals surface area contributed by atoms with E-state index in [-0.39, 0.29) is 5.91 Å². The lowest BCUT2D eigenvalue weighted by Crippen LogP contribution is -2.39. The third-order valence-electron chi connectivity index (χ3n) is 2.56. The average Bonchev–Trinajstić information content (AvgIpc) is 2.62. The van der Waals surface area contributed by atoms with Crippen molar-refractivity contribution in [3.63, 3.8) is 0 Å². The van der Waals surface area contributed by atoms with Gasteiger partial charge in [0.2, 0.25) is 0 Å². The molecule has 4 heteroatoms. The fraction of sp³-hybridized carbons (Fsp3) is 0.700. The van der Waals surface area contributed by atoms with Crippen LogP contribution < -0.4 is 5.32 Å². The molecule has 0 aromatic heterocycles. The molecule has 1 amide bonds. The van der Waals surface area contributed by atoms with Crippen molar-refractivity contribution < 1.29 is 4.79 Å². The van der Waals surface area contributed by atoms with Gasteiger partial charge in [-0.1, -0.05) is 6.92 Å². The lowest BCUT2D eigenvalue weighted by Gasteiger charge is -2.22. The predicted molar refractivity (Wildman–Crippen MR) is 60.0 cm³/mol. The summed E-state index contributed by atoms with van der Waals surface area (Å²) in [6, 6.07) is 0.501. The number of likely N-dealkylation sites (N-methyl/N-ethyl adjacent to an activating group) is 1. The van der Waals surface area contributed by atoms with Crippen molar-refractivity contribution >= 4 is 21.8 Å². The first-order chi connectivity index (χ1) is 6.77. The minimum Gasteiger partial charge on any atom is -0.344 e. The van der Waals surface area contributed by atoms with Crippen LogP contribution in [0.25, 0.3) is 0 Å². The van der Waals surface area contributed by atoms with Crippen LogP contribution in [0.1, 0.15) is 19.8 Å². The molecule has 0 aromatic carbocycles. The highest BCUT2D eigenvalue weighted by molar-refractivity contribution is 9.12. The zero-order valence-corrected chi connectivity index (χ0v) is 9.93. The molecule has 0 radical (unpaired) electrons. The van der Waals surface area contributed by atoms with Crippen LogP contribution in [-0.2, 0) is 4.79 Å². The molecule has 0 saturated carbocycles. The molecule has 1 aliphatic rings. The molecule has 78 valence electrons. The summed E-state index contributed by atoms with van der Waals surface area (Å²) in [6.07, 6.45) is 2.41. The van der Waals surface area contributed by atoms with E-state index in [9.17, 15) is 4.79 Å². The summed E-state index contributed by atoms with van der Waals surface area (Å²) in [5, 5.41) is 2.81. The van der Waals surface area contributed by atoms with Crippen molar-refractivity contribution in [2.24, 2.45) is 0 Å². The molecule has 3 nitrogen and oxygen atoms in total. The van der Waals surface area contributed by atoms with Crippen molar-refractivity contribution in [2.75, 3.05) is 19.6 Å². The van der Waals surface area contributed by atoms with Crippen LogP contribution in [0, 0.1) is 10.8 Å². The van der Waals surface area contributed by atoms with E-state index >= 15 is 0 Å². The Bertz CT molecular complexity index is 257. The van der Waals surface area contributed by atoms with Crippen LogP contribution in [0.4, 0.5) is 0 Å². The highest BCUT2D eigenvalue weighted by Gasteiger charge is 2.22. The molecule has 1 N–H and O–H groups in total. The van der Waals surface area contributed by atoms with E-state index < -0.39 is 0 Å². The van der Waals surface area contributed by atoms with Gasteiger partial charge >= 0.3 is 0 Å². The molecule has 1 saturated heterocycles. The highest BCUT2D eigenvalue weighted by atomic mass is 79.9. The van der Waals surface area contributed by atoms with E-state index in [0.29, 0.717) is 12.6 Å². The van der Waals surface area contributed by atoms with Crippen LogP contribution >= 0.6 is 15.9 Å².